The van der Waals surface area contributed by atoms with Crippen LogP contribution in [0.2, 0.25) is 0 Å². The minimum atomic E-state index is -0.612. The molecule has 1 unspecified atom stereocenters. The molecular formula is C12H18N4O. The van der Waals surface area contributed by atoms with Crippen molar-refractivity contribution in [3.63, 3.8) is 0 Å². The SMILES string of the molecule is CC1(O)CCN(c2cc(N)nc(C3CC3)n2)C1. The van der Waals surface area contributed by atoms with Gasteiger partial charge in [0.25, 0.3) is 0 Å². The van der Waals surface area contributed by atoms with E-state index in [0.29, 0.717) is 18.3 Å². The first kappa shape index (κ1) is 10.8. The maximum absolute atomic E-state index is 9.97. The Bertz CT molecular complexity index is 442. The zero-order valence-corrected chi connectivity index (χ0v) is 10.1. The number of aliphatic hydroxyl groups is 1. The highest BCUT2D eigenvalue weighted by molar-refractivity contribution is 5.48. The molecule has 17 heavy (non-hydrogen) atoms. The highest BCUT2D eigenvalue weighted by Crippen LogP contribution is 2.39. The van der Waals surface area contributed by atoms with E-state index in [9.17, 15) is 5.11 Å². The van der Waals surface area contributed by atoms with Gasteiger partial charge in [0.05, 0.1) is 5.60 Å². The Morgan fingerprint density at radius 2 is 2.24 bits per heavy atom. The zero-order valence-electron chi connectivity index (χ0n) is 10.1. The van der Waals surface area contributed by atoms with Gasteiger partial charge in [-0.3, -0.25) is 0 Å². The second-order valence-corrected chi connectivity index (χ2v) is 5.45. The molecule has 2 fully saturated rings. The Morgan fingerprint density at radius 3 is 2.82 bits per heavy atom. The zero-order chi connectivity index (χ0) is 12.0. The van der Waals surface area contributed by atoms with Crippen molar-refractivity contribution in [3.05, 3.63) is 11.9 Å². The lowest BCUT2D eigenvalue weighted by molar-refractivity contribution is 0.0839. The molecule has 0 aromatic carbocycles. The van der Waals surface area contributed by atoms with Gasteiger partial charge in [-0.2, -0.15) is 0 Å². The predicted octanol–water partition coefficient (Wildman–Crippen LogP) is 0.897. The number of nitrogens with two attached hydrogens (primary N) is 1. The molecule has 0 spiro atoms. The molecule has 1 atom stereocenters. The number of rotatable bonds is 2. The lowest BCUT2D eigenvalue weighted by Gasteiger charge is -2.20. The Balaban J connectivity index is 1.87. The van der Waals surface area contributed by atoms with Gasteiger partial charge in [0, 0.05) is 25.1 Å². The summed E-state index contributed by atoms with van der Waals surface area (Å²) in [6, 6.07) is 1.80. The van der Waals surface area contributed by atoms with E-state index in [0.717, 1.165) is 24.6 Å². The number of anilines is 2. The number of hydrogen-bond acceptors (Lipinski definition) is 5. The van der Waals surface area contributed by atoms with Crippen molar-refractivity contribution in [2.75, 3.05) is 23.7 Å². The first-order valence-electron chi connectivity index (χ1n) is 6.15. The molecular weight excluding hydrogens is 216 g/mol. The third kappa shape index (κ3) is 2.20. The number of hydrogen-bond donors (Lipinski definition) is 2. The molecule has 2 aliphatic rings. The fourth-order valence-corrected chi connectivity index (χ4v) is 2.30. The molecule has 0 amide bonds. The normalized spacial score (nSPS) is 28.7. The maximum Gasteiger partial charge on any atom is 0.136 e. The topological polar surface area (TPSA) is 75.3 Å². The molecule has 0 radical (unpaired) electrons. The molecule has 3 rings (SSSR count). The van der Waals surface area contributed by atoms with Crippen LogP contribution < -0.4 is 10.6 Å². The van der Waals surface area contributed by atoms with Crippen molar-refractivity contribution in [2.24, 2.45) is 0 Å². The van der Waals surface area contributed by atoms with E-state index in [2.05, 4.69) is 14.9 Å². The molecule has 5 nitrogen and oxygen atoms in total. The van der Waals surface area contributed by atoms with Crippen molar-refractivity contribution >= 4 is 11.6 Å². The smallest absolute Gasteiger partial charge is 0.136 e. The van der Waals surface area contributed by atoms with Crippen LogP contribution in [-0.2, 0) is 0 Å². The third-order valence-electron chi connectivity index (χ3n) is 3.47. The van der Waals surface area contributed by atoms with Crippen LogP contribution in [0.15, 0.2) is 6.07 Å². The van der Waals surface area contributed by atoms with Crippen LogP contribution in [0.3, 0.4) is 0 Å². The van der Waals surface area contributed by atoms with Gasteiger partial charge in [-0.1, -0.05) is 0 Å². The standard InChI is InChI=1S/C12H18N4O/c1-12(17)4-5-16(7-12)10-6-9(13)14-11(15-10)8-2-3-8/h6,8,17H,2-5,7H2,1H3,(H2,13,14,15). The molecule has 3 N–H and O–H groups in total. The summed E-state index contributed by atoms with van der Waals surface area (Å²) in [6.07, 6.45) is 3.11. The largest absolute Gasteiger partial charge is 0.388 e. The lowest BCUT2D eigenvalue weighted by Crippen LogP contribution is -2.30. The van der Waals surface area contributed by atoms with Crippen molar-refractivity contribution < 1.29 is 5.11 Å². The van der Waals surface area contributed by atoms with Crippen LogP contribution in [0, 0.1) is 0 Å². The fourth-order valence-electron chi connectivity index (χ4n) is 2.30. The van der Waals surface area contributed by atoms with Crippen LogP contribution in [-0.4, -0.2) is 33.8 Å². The summed E-state index contributed by atoms with van der Waals surface area (Å²) in [6.45, 7) is 3.31. The Labute approximate surface area is 101 Å². The minimum absolute atomic E-state index is 0.500. The van der Waals surface area contributed by atoms with E-state index in [1.54, 1.807) is 6.07 Å². The van der Waals surface area contributed by atoms with Gasteiger partial charge in [-0.05, 0) is 26.2 Å². The van der Waals surface area contributed by atoms with Gasteiger partial charge in [0.1, 0.15) is 17.5 Å². The molecule has 2 heterocycles. The summed E-state index contributed by atoms with van der Waals surface area (Å²) in [7, 11) is 0. The van der Waals surface area contributed by atoms with Gasteiger partial charge in [0.2, 0.25) is 0 Å². The predicted molar refractivity (Wildman–Crippen MR) is 65.9 cm³/mol. The number of β-amino-alcohol motifs (C(OH)–C–C–N with tert-alkyl or cyclic N) is 1. The van der Waals surface area contributed by atoms with Crippen molar-refractivity contribution in [1.82, 2.24) is 9.97 Å². The summed E-state index contributed by atoms with van der Waals surface area (Å²) in [5.41, 5.74) is 5.21. The van der Waals surface area contributed by atoms with Gasteiger partial charge in [-0.25, -0.2) is 9.97 Å². The molecule has 0 bridgehead atoms. The van der Waals surface area contributed by atoms with Crippen LogP contribution in [0.4, 0.5) is 11.6 Å². The Hall–Kier alpha value is -1.36. The number of aromatic nitrogens is 2. The van der Waals surface area contributed by atoms with Crippen molar-refractivity contribution in [3.8, 4) is 0 Å². The Morgan fingerprint density at radius 1 is 1.47 bits per heavy atom. The average Bonchev–Trinajstić information content (AvgIpc) is 3.02. The monoisotopic (exact) mass is 234 g/mol. The van der Waals surface area contributed by atoms with Gasteiger partial charge < -0.3 is 15.7 Å². The van der Waals surface area contributed by atoms with Crippen LogP contribution in [0.25, 0.3) is 0 Å². The first-order chi connectivity index (χ1) is 8.03. The van der Waals surface area contributed by atoms with Crippen molar-refractivity contribution in [2.45, 2.75) is 37.7 Å². The van der Waals surface area contributed by atoms with E-state index >= 15 is 0 Å². The molecule has 92 valence electrons. The van der Waals surface area contributed by atoms with Crippen LogP contribution >= 0.6 is 0 Å². The van der Waals surface area contributed by atoms with E-state index in [4.69, 9.17) is 5.73 Å². The lowest BCUT2D eigenvalue weighted by atomic mass is 10.1. The van der Waals surface area contributed by atoms with Gasteiger partial charge in [-0.15, -0.1) is 0 Å². The molecule has 1 aliphatic carbocycles. The van der Waals surface area contributed by atoms with E-state index in [-0.39, 0.29) is 0 Å². The Kier molecular flexibility index (Phi) is 2.26. The highest BCUT2D eigenvalue weighted by Gasteiger charge is 2.33. The average molecular weight is 234 g/mol. The summed E-state index contributed by atoms with van der Waals surface area (Å²) in [4.78, 5) is 10.9. The second-order valence-electron chi connectivity index (χ2n) is 5.45. The quantitative estimate of drug-likeness (QED) is 0.795. The van der Waals surface area contributed by atoms with Crippen LogP contribution in [0.5, 0.6) is 0 Å². The van der Waals surface area contributed by atoms with Gasteiger partial charge >= 0.3 is 0 Å². The highest BCUT2D eigenvalue weighted by atomic mass is 16.3. The van der Waals surface area contributed by atoms with E-state index in [1.165, 1.54) is 12.8 Å². The second kappa shape index (κ2) is 3.57. The minimum Gasteiger partial charge on any atom is -0.388 e. The van der Waals surface area contributed by atoms with Crippen molar-refractivity contribution in [1.29, 1.82) is 0 Å². The van der Waals surface area contributed by atoms with Gasteiger partial charge in [0.15, 0.2) is 0 Å². The molecule has 1 saturated heterocycles. The van der Waals surface area contributed by atoms with E-state index in [1.807, 2.05) is 6.92 Å². The summed E-state index contributed by atoms with van der Waals surface area (Å²) >= 11 is 0. The fraction of sp³-hybridized carbons (Fsp3) is 0.667. The first-order valence-corrected chi connectivity index (χ1v) is 6.15. The third-order valence-corrected chi connectivity index (χ3v) is 3.47. The molecule has 5 heteroatoms. The van der Waals surface area contributed by atoms with Crippen LogP contribution in [0.1, 0.15) is 37.9 Å². The molecule has 1 saturated carbocycles. The molecule has 1 aromatic rings. The molecule has 1 aliphatic heterocycles. The maximum atomic E-state index is 9.97. The summed E-state index contributed by atoms with van der Waals surface area (Å²) in [5.74, 6) is 2.76. The number of nitrogen functional groups attached to an aromatic ring is 1. The summed E-state index contributed by atoms with van der Waals surface area (Å²) < 4.78 is 0. The number of nitrogens with zero attached hydrogens (tertiary/aromatic N) is 3. The summed E-state index contributed by atoms with van der Waals surface area (Å²) in [5, 5.41) is 9.97. The molecule has 1 aromatic heterocycles. The van der Waals surface area contributed by atoms with E-state index < -0.39 is 5.60 Å².